The molecule has 0 saturated carbocycles. The van der Waals surface area contributed by atoms with E-state index in [2.05, 4.69) is 67.5 Å². The Morgan fingerprint density at radius 1 is 0.750 bits per heavy atom. The van der Waals surface area contributed by atoms with E-state index in [0.29, 0.717) is 0 Å². The Balaban J connectivity index is 0.00000128. The lowest BCUT2D eigenvalue weighted by molar-refractivity contribution is 1.13. The summed E-state index contributed by atoms with van der Waals surface area (Å²) < 4.78 is 0. The molecule has 2 aromatic carbocycles. The highest BCUT2D eigenvalue weighted by molar-refractivity contribution is 5.85. The predicted octanol–water partition coefficient (Wildman–Crippen LogP) is 3.84. The van der Waals surface area contributed by atoms with Gasteiger partial charge in [-0.25, -0.2) is 0 Å². The Bertz CT molecular complexity index is 437. The van der Waals surface area contributed by atoms with Gasteiger partial charge in [0.15, 0.2) is 0 Å². The average Bonchev–Trinajstić information content (AvgIpc) is 2.30. The molecular formula is C14H16ClN. The molecule has 2 aromatic rings. The van der Waals surface area contributed by atoms with Crippen molar-refractivity contribution in [1.29, 1.82) is 0 Å². The quantitative estimate of drug-likeness (QED) is 0.762. The first-order chi connectivity index (χ1) is 7.29. The van der Waals surface area contributed by atoms with Gasteiger partial charge in [-0.3, -0.25) is 0 Å². The molecule has 0 aliphatic carbocycles. The first kappa shape index (κ1) is 12.6. The fourth-order valence-corrected chi connectivity index (χ4v) is 1.73. The molecule has 2 heteroatoms. The van der Waals surface area contributed by atoms with Crippen molar-refractivity contribution in [2.24, 2.45) is 0 Å². The summed E-state index contributed by atoms with van der Waals surface area (Å²) >= 11 is 0. The minimum Gasteiger partial charge on any atom is -0.377 e. The summed E-state index contributed by atoms with van der Waals surface area (Å²) in [7, 11) is 4.14. The molecule has 0 aromatic heterocycles. The number of rotatable bonds is 2. The molecule has 0 saturated heterocycles. The van der Waals surface area contributed by atoms with Crippen LogP contribution in [0.5, 0.6) is 0 Å². The highest BCUT2D eigenvalue weighted by Gasteiger charge is 2.04. The Kier molecular flexibility index (Phi) is 4.39. The highest BCUT2D eigenvalue weighted by Crippen LogP contribution is 2.28. The van der Waals surface area contributed by atoms with Gasteiger partial charge in [0.2, 0.25) is 0 Å². The van der Waals surface area contributed by atoms with Crippen LogP contribution >= 0.6 is 12.4 Å². The lowest BCUT2D eigenvalue weighted by atomic mass is 10.0. The van der Waals surface area contributed by atoms with E-state index in [1.165, 1.54) is 16.8 Å². The van der Waals surface area contributed by atoms with Crippen LogP contribution in [0, 0.1) is 0 Å². The van der Waals surface area contributed by atoms with Crippen molar-refractivity contribution in [3.05, 3.63) is 54.6 Å². The van der Waals surface area contributed by atoms with Crippen molar-refractivity contribution in [3.8, 4) is 11.1 Å². The summed E-state index contributed by atoms with van der Waals surface area (Å²) in [6.07, 6.45) is 0. The van der Waals surface area contributed by atoms with E-state index in [4.69, 9.17) is 0 Å². The minimum absolute atomic E-state index is 0. The normalized spacial score (nSPS) is 9.38. The van der Waals surface area contributed by atoms with Crippen LogP contribution in [0.2, 0.25) is 0 Å². The highest BCUT2D eigenvalue weighted by atomic mass is 35.5. The summed E-state index contributed by atoms with van der Waals surface area (Å²) in [5.41, 5.74) is 3.80. The first-order valence-electron chi connectivity index (χ1n) is 5.11. The van der Waals surface area contributed by atoms with E-state index < -0.39 is 0 Å². The predicted molar refractivity (Wildman–Crippen MR) is 73.5 cm³/mol. The zero-order valence-electron chi connectivity index (χ0n) is 9.55. The molecule has 0 radical (unpaired) electrons. The molecule has 0 atom stereocenters. The van der Waals surface area contributed by atoms with Gasteiger partial charge in [0, 0.05) is 25.3 Å². The largest absolute Gasteiger partial charge is 0.377 e. The number of anilines is 1. The maximum Gasteiger partial charge on any atom is 0.0440 e. The number of halogens is 1. The van der Waals surface area contributed by atoms with Crippen LogP contribution < -0.4 is 4.90 Å². The van der Waals surface area contributed by atoms with Gasteiger partial charge in [-0.15, -0.1) is 12.4 Å². The van der Waals surface area contributed by atoms with E-state index in [1.807, 2.05) is 6.07 Å². The fraction of sp³-hybridized carbons (Fsp3) is 0.143. The monoisotopic (exact) mass is 233 g/mol. The van der Waals surface area contributed by atoms with E-state index in [0.717, 1.165) is 0 Å². The summed E-state index contributed by atoms with van der Waals surface area (Å²) in [4.78, 5) is 2.14. The molecule has 0 amide bonds. The van der Waals surface area contributed by atoms with Crippen LogP contribution in [0.3, 0.4) is 0 Å². The first-order valence-corrected chi connectivity index (χ1v) is 5.11. The molecule has 0 N–H and O–H groups in total. The standard InChI is InChI=1S/C14H15N.ClH/c1-15(2)14-11-7-6-10-13(14)12-8-4-3-5-9-12;/h3-11H,1-2H3;1H. The van der Waals surface area contributed by atoms with Gasteiger partial charge in [-0.2, -0.15) is 0 Å². The molecule has 0 aliphatic rings. The van der Waals surface area contributed by atoms with Crippen LogP contribution in [-0.2, 0) is 0 Å². The van der Waals surface area contributed by atoms with Crippen LogP contribution in [0.15, 0.2) is 54.6 Å². The topological polar surface area (TPSA) is 3.24 Å². The van der Waals surface area contributed by atoms with Crippen molar-refractivity contribution in [3.63, 3.8) is 0 Å². The van der Waals surface area contributed by atoms with Gasteiger partial charge >= 0.3 is 0 Å². The number of hydrogen-bond donors (Lipinski definition) is 0. The Hall–Kier alpha value is -1.47. The van der Waals surface area contributed by atoms with Gasteiger partial charge in [0.25, 0.3) is 0 Å². The Labute approximate surface area is 103 Å². The van der Waals surface area contributed by atoms with Gasteiger partial charge in [0.1, 0.15) is 0 Å². The molecule has 0 heterocycles. The van der Waals surface area contributed by atoms with Crippen molar-refractivity contribution < 1.29 is 0 Å². The van der Waals surface area contributed by atoms with Gasteiger partial charge < -0.3 is 4.90 Å². The summed E-state index contributed by atoms with van der Waals surface area (Å²) in [6, 6.07) is 18.9. The molecule has 84 valence electrons. The molecule has 16 heavy (non-hydrogen) atoms. The zero-order valence-corrected chi connectivity index (χ0v) is 10.4. The van der Waals surface area contributed by atoms with Gasteiger partial charge in [-0.05, 0) is 11.6 Å². The van der Waals surface area contributed by atoms with Crippen LogP contribution in [0.4, 0.5) is 5.69 Å². The van der Waals surface area contributed by atoms with Crippen molar-refractivity contribution in [1.82, 2.24) is 0 Å². The van der Waals surface area contributed by atoms with Crippen LogP contribution in [0.25, 0.3) is 11.1 Å². The van der Waals surface area contributed by atoms with Gasteiger partial charge in [0.05, 0.1) is 0 Å². The molecule has 0 unspecified atom stereocenters. The number of benzene rings is 2. The molecule has 1 nitrogen and oxygen atoms in total. The second kappa shape index (κ2) is 5.57. The Morgan fingerprint density at radius 3 is 1.94 bits per heavy atom. The smallest absolute Gasteiger partial charge is 0.0440 e. The molecule has 2 rings (SSSR count). The third-order valence-corrected chi connectivity index (χ3v) is 2.47. The number of hydrogen-bond acceptors (Lipinski definition) is 1. The van der Waals surface area contributed by atoms with Crippen molar-refractivity contribution in [2.45, 2.75) is 0 Å². The molecule has 0 aliphatic heterocycles. The Morgan fingerprint density at radius 2 is 1.31 bits per heavy atom. The van der Waals surface area contributed by atoms with E-state index in [9.17, 15) is 0 Å². The summed E-state index contributed by atoms with van der Waals surface area (Å²) in [6.45, 7) is 0. The van der Waals surface area contributed by atoms with Crippen molar-refractivity contribution >= 4 is 18.1 Å². The number of nitrogens with zero attached hydrogens (tertiary/aromatic N) is 1. The van der Waals surface area contributed by atoms with Crippen molar-refractivity contribution in [2.75, 3.05) is 19.0 Å². The van der Waals surface area contributed by atoms with E-state index in [-0.39, 0.29) is 12.4 Å². The fourth-order valence-electron chi connectivity index (χ4n) is 1.73. The second-order valence-electron chi connectivity index (χ2n) is 3.78. The molecule has 0 fully saturated rings. The summed E-state index contributed by atoms with van der Waals surface area (Å²) in [5, 5.41) is 0. The minimum atomic E-state index is 0. The van der Waals surface area contributed by atoms with Crippen LogP contribution in [0.1, 0.15) is 0 Å². The molecular weight excluding hydrogens is 218 g/mol. The van der Waals surface area contributed by atoms with Gasteiger partial charge in [-0.1, -0.05) is 48.5 Å². The maximum absolute atomic E-state index is 2.16. The van der Waals surface area contributed by atoms with Crippen LogP contribution in [-0.4, -0.2) is 14.1 Å². The zero-order chi connectivity index (χ0) is 10.7. The summed E-state index contributed by atoms with van der Waals surface area (Å²) in [5.74, 6) is 0. The lowest BCUT2D eigenvalue weighted by Gasteiger charge is -2.17. The lowest BCUT2D eigenvalue weighted by Crippen LogP contribution is -2.09. The molecule has 0 bridgehead atoms. The van der Waals surface area contributed by atoms with E-state index >= 15 is 0 Å². The third-order valence-electron chi connectivity index (χ3n) is 2.47. The SMILES string of the molecule is CN(C)c1ccccc1-c1ccccc1.Cl. The van der Waals surface area contributed by atoms with E-state index in [1.54, 1.807) is 0 Å². The number of para-hydroxylation sites is 1. The molecule has 0 spiro atoms. The second-order valence-corrected chi connectivity index (χ2v) is 3.78. The maximum atomic E-state index is 2.16. The average molecular weight is 234 g/mol. The third kappa shape index (κ3) is 2.56.